The van der Waals surface area contributed by atoms with Gasteiger partial charge in [0.2, 0.25) is 0 Å². The Labute approximate surface area is 189 Å². The van der Waals surface area contributed by atoms with E-state index in [-0.39, 0.29) is 18.2 Å². The lowest BCUT2D eigenvalue weighted by Gasteiger charge is -2.30. The van der Waals surface area contributed by atoms with Gasteiger partial charge in [0.05, 0.1) is 6.10 Å². The first-order chi connectivity index (χ1) is 15.3. The van der Waals surface area contributed by atoms with E-state index in [0.717, 1.165) is 53.7 Å². The lowest BCUT2D eigenvalue weighted by molar-refractivity contribution is 0.0471. The van der Waals surface area contributed by atoms with Gasteiger partial charge in [-0.2, -0.15) is 0 Å². The van der Waals surface area contributed by atoms with E-state index in [4.69, 9.17) is 9.47 Å². The Hall–Kier alpha value is -3.28. The molecule has 1 aliphatic rings. The van der Waals surface area contributed by atoms with Gasteiger partial charge in [-0.1, -0.05) is 18.2 Å². The predicted molar refractivity (Wildman–Crippen MR) is 128 cm³/mol. The number of anilines is 2. The number of nitrogens with one attached hydrogen (secondary N) is 2. The van der Waals surface area contributed by atoms with Crippen LogP contribution < -0.4 is 15.4 Å². The van der Waals surface area contributed by atoms with Crippen LogP contribution in [0, 0.1) is 0 Å². The summed E-state index contributed by atoms with van der Waals surface area (Å²) < 4.78 is 11.6. The highest BCUT2D eigenvalue weighted by Gasteiger charge is 2.25. The fourth-order valence-corrected chi connectivity index (χ4v) is 3.92. The van der Waals surface area contributed by atoms with Crippen molar-refractivity contribution in [3.05, 3.63) is 60.8 Å². The maximum absolute atomic E-state index is 12.0. The maximum Gasteiger partial charge on any atom is 0.407 e. The van der Waals surface area contributed by atoms with Crippen LogP contribution in [0.2, 0.25) is 0 Å². The van der Waals surface area contributed by atoms with Crippen LogP contribution in [-0.2, 0) is 4.74 Å². The first-order valence-electron chi connectivity index (χ1n) is 11.2. The third-order valence-corrected chi connectivity index (χ3v) is 5.44. The number of alkyl carbamates (subject to hydrolysis) is 1. The Kier molecular flexibility index (Phi) is 6.49. The highest BCUT2D eigenvalue weighted by molar-refractivity contribution is 5.85. The van der Waals surface area contributed by atoms with Crippen LogP contribution in [0.4, 0.5) is 16.3 Å². The summed E-state index contributed by atoms with van der Waals surface area (Å²) in [5.41, 5.74) is 0.524. The first-order valence-corrected chi connectivity index (χ1v) is 11.2. The first kappa shape index (κ1) is 21.9. The van der Waals surface area contributed by atoms with Gasteiger partial charge in [0, 0.05) is 23.3 Å². The molecule has 0 spiro atoms. The molecule has 1 aliphatic carbocycles. The third-order valence-electron chi connectivity index (χ3n) is 5.44. The molecular formula is C26H31N3O3. The molecule has 168 valence electrons. The quantitative estimate of drug-likeness (QED) is 0.502. The summed E-state index contributed by atoms with van der Waals surface area (Å²) in [6.07, 6.45) is 5.24. The van der Waals surface area contributed by atoms with Crippen molar-refractivity contribution in [2.75, 3.05) is 5.32 Å². The number of benzene rings is 2. The summed E-state index contributed by atoms with van der Waals surface area (Å²) in [7, 11) is 0. The van der Waals surface area contributed by atoms with Gasteiger partial charge in [-0.25, -0.2) is 9.78 Å². The second-order valence-electron chi connectivity index (χ2n) is 9.31. The second-order valence-corrected chi connectivity index (χ2v) is 9.31. The summed E-state index contributed by atoms with van der Waals surface area (Å²) in [6.45, 7) is 5.62. The summed E-state index contributed by atoms with van der Waals surface area (Å²) in [5.74, 6) is 1.66. The molecule has 1 aromatic heterocycles. The van der Waals surface area contributed by atoms with Crippen molar-refractivity contribution in [1.82, 2.24) is 10.3 Å². The fourth-order valence-electron chi connectivity index (χ4n) is 3.92. The van der Waals surface area contributed by atoms with Crippen LogP contribution in [0.5, 0.6) is 5.75 Å². The number of para-hydroxylation sites is 1. The average molecular weight is 434 g/mol. The molecule has 0 atom stereocenters. The SMILES string of the molecule is CC(C)(C)OC(=O)NC1CCC(Oc2ccc3cnc(Nc4ccccc4)cc3c2)CC1. The smallest absolute Gasteiger partial charge is 0.407 e. The van der Waals surface area contributed by atoms with Gasteiger partial charge in [-0.05, 0) is 88.2 Å². The number of pyridine rings is 1. The third kappa shape index (κ3) is 6.13. The molecule has 1 amide bonds. The summed E-state index contributed by atoms with van der Waals surface area (Å²) in [5, 5.41) is 8.46. The molecule has 0 aliphatic heterocycles. The van der Waals surface area contributed by atoms with E-state index in [0.29, 0.717) is 0 Å². The predicted octanol–water partition coefficient (Wildman–Crippen LogP) is 6.19. The molecule has 6 nitrogen and oxygen atoms in total. The minimum atomic E-state index is -0.480. The van der Waals surface area contributed by atoms with E-state index >= 15 is 0 Å². The van der Waals surface area contributed by atoms with Gasteiger partial charge >= 0.3 is 6.09 Å². The number of aromatic nitrogens is 1. The van der Waals surface area contributed by atoms with Crippen molar-refractivity contribution < 1.29 is 14.3 Å². The molecule has 2 aromatic carbocycles. The molecule has 1 fully saturated rings. The zero-order valence-electron chi connectivity index (χ0n) is 18.9. The highest BCUT2D eigenvalue weighted by atomic mass is 16.6. The van der Waals surface area contributed by atoms with Gasteiger partial charge < -0.3 is 20.1 Å². The van der Waals surface area contributed by atoms with Gasteiger partial charge in [-0.15, -0.1) is 0 Å². The molecule has 0 radical (unpaired) electrons. The molecule has 1 saturated carbocycles. The van der Waals surface area contributed by atoms with Crippen molar-refractivity contribution in [2.24, 2.45) is 0 Å². The van der Waals surface area contributed by atoms with Gasteiger partial charge in [0.25, 0.3) is 0 Å². The van der Waals surface area contributed by atoms with E-state index in [2.05, 4.69) is 21.7 Å². The Morgan fingerprint density at radius 3 is 2.44 bits per heavy atom. The topological polar surface area (TPSA) is 72.5 Å². The lowest BCUT2D eigenvalue weighted by Crippen LogP contribution is -2.42. The number of hydrogen-bond donors (Lipinski definition) is 2. The maximum atomic E-state index is 12.0. The normalized spacial score (nSPS) is 18.7. The molecule has 4 rings (SSSR count). The van der Waals surface area contributed by atoms with Crippen LogP contribution in [0.3, 0.4) is 0 Å². The van der Waals surface area contributed by atoms with E-state index in [1.54, 1.807) is 0 Å². The lowest BCUT2D eigenvalue weighted by atomic mass is 9.93. The number of nitrogens with zero attached hydrogens (tertiary/aromatic N) is 1. The average Bonchev–Trinajstić information content (AvgIpc) is 2.74. The van der Waals surface area contributed by atoms with Crippen LogP contribution in [0.25, 0.3) is 10.8 Å². The van der Waals surface area contributed by atoms with Crippen molar-refractivity contribution in [3.63, 3.8) is 0 Å². The minimum absolute atomic E-state index is 0.138. The van der Waals surface area contributed by atoms with Crippen molar-refractivity contribution in [3.8, 4) is 5.75 Å². The Balaban J connectivity index is 1.34. The number of carbonyl (C=O) groups excluding carboxylic acids is 1. The second kappa shape index (κ2) is 9.47. The summed E-state index contributed by atoms with van der Waals surface area (Å²) in [4.78, 5) is 16.5. The molecule has 0 bridgehead atoms. The minimum Gasteiger partial charge on any atom is -0.490 e. The van der Waals surface area contributed by atoms with Gasteiger partial charge in [-0.3, -0.25) is 0 Å². The molecule has 3 aromatic rings. The van der Waals surface area contributed by atoms with E-state index in [1.807, 2.05) is 75.5 Å². The van der Waals surface area contributed by atoms with Crippen molar-refractivity contribution in [1.29, 1.82) is 0 Å². The van der Waals surface area contributed by atoms with Gasteiger partial charge in [0.1, 0.15) is 17.2 Å². The van der Waals surface area contributed by atoms with Crippen LogP contribution in [0.15, 0.2) is 60.8 Å². The zero-order valence-corrected chi connectivity index (χ0v) is 18.9. The van der Waals surface area contributed by atoms with Crippen LogP contribution in [-0.4, -0.2) is 28.8 Å². The van der Waals surface area contributed by atoms with Crippen LogP contribution >= 0.6 is 0 Å². The Bertz CT molecular complexity index is 1050. The monoisotopic (exact) mass is 433 g/mol. The van der Waals surface area contributed by atoms with E-state index < -0.39 is 5.60 Å². The number of rotatable bonds is 5. The van der Waals surface area contributed by atoms with E-state index in [9.17, 15) is 4.79 Å². The largest absolute Gasteiger partial charge is 0.490 e. The molecule has 0 unspecified atom stereocenters. The molecule has 32 heavy (non-hydrogen) atoms. The number of carbonyl (C=O) groups is 1. The highest BCUT2D eigenvalue weighted by Crippen LogP contribution is 2.28. The van der Waals surface area contributed by atoms with Crippen LogP contribution in [0.1, 0.15) is 46.5 Å². The number of hydrogen-bond acceptors (Lipinski definition) is 5. The molecule has 2 N–H and O–H groups in total. The summed E-state index contributed by atoms with van der Waals surface area (Å²) >= 11 is 0. The zero-order chi connectivity index (χ0) is 22.6. The van der Waals surface area contributed by atoms with E-state index in [1.165, 1.54) is 0 Å². The fraction of sp³-hybridized carbons (Fsp3) is 0.385. The standard InChI is InChI=1S/C26H31N3O3/c1-26(2,3)32-25(30)29-21-10-13-22(14-11-21)31-23-12-9-18-17-27-24(16-19(18)15-23)28-20-7-5-4-6-8-20/h4-9,12,15-17,21-22H,10-11,13-14H2,1-3H3,(H,27,28)(H,29,30). The molecule has 6 heteroatoms. The number of amides is 1. The van der Waals surface area contributed by atoms with Crippen molar-refractivity contribution >= 4 is 28.4 Å². The number of ether oxygens (including phenoxy) is 2. The Morgan fingerprint density at radius 2 is 1.72 bits per heavy atom. The number of fused-ring (bicyclic) bond motifs is 1. The summed E-state index contributed by atoms with van der Waals surface area (Å²) in [6, 6.07) is 18.3. The Morgan fingerprint density at radius 1 is 0.969 bits per heavy atom. The van der Waals surface area contributed by atoms with Crippen molar-refractivity contribution in [2.45, 2.75) is 64.2 Å². The van der Waals surface area contributed by atoms with Gasteiger partial charge in [0.15, 0.2) is 0 Å². The molecule has 1 heterocycles. The molecular weight excluding hydrogens is 402 g/mol. The molecule has 0 saturated heterocycles.